The molecular weight excluding hydrogens is 462 g/mol. The molecule has 4 aromatic rings. The molecule has 4 aromatic carbocycles. The van der Waals surface area contributed by atoms with Crippen LogP contribution in [0.5, 0.6) is 11.5 Å². The van der Waals surface area contributed by atoms with E-state index >= 15 is 0 Å². The molecule has 1 aliphatic heterocycles. The molecule has 1 saturated heterocycles. The lowest BCUT2D eigenvalue weighted by Crippen LogP contribution is -2.29. The number of nitrogens with zero attached hydrogens (tertiary/aromatic N) is 1. The zero-order valence-electron chi connectivity index (χ0n) is 20.5. The quantitative estimate of drug-likeness (QED) is 0.167. The highest BCUT2D eigenvalue weighted by Crippen LogP contribution is 2.49. The summed E-state index contributed by atoms with van der Waals surface area (Å²) in [5, 5.41) is 0. The standard InChI is InChI=1S/C32H27NO4/c1-36-26-19-17-25(18-20-26)33-30(34)22-28(24-12-6-3-7-13-24)32(33)27-14-8-9-15-29(27)37-31(35)21-16-23-10-4-2-5-11-23/h2-21,28,32H,22H2,1H3/b21-16+/t28-,32?/m1/s1. The van der Waals surface area contributed by atoms with Crippen LogP contribution in [0.4, 0.5) is 5.69 Å². The van der Waals surface area contributed by atoms with Gasteiger partial charge in [0.05, 0.1) is 13.2 Å². The second-order valence-corrected chi connectivity index (χ2v) is 8.83. The number of esters is 1. The van der Waals surface area contributed by atoms with E-state index in [2.05, 4.69) is 0 Å². The first-order valence-electron chi connectivity index (χ1n) is 12.2. The van der Waals surface area contributed by atoms with Crippen molar-refractivity contribution in [3.05, 3.63) is 132 Å². The Morgan fingerprint density at radius 1 is 0.838 bits per heavy atom. The van der Waals surface area contributed by atoms with Crippen LogP contribution < -0.4 is 14.4 Å². The Morgan fingerprint density at radius 2 is 1.49 bits per heavy atom. The molecule has 1 amide bonds. The number of para-hydroxylation sites is 1. The van der Waals surface area contributed by atoms with Crippen molar-refractivity contribution >= 4 is 23.6 Å². The fraction of sp³-hybridized carbons (Fsp3) is 0.125. The Kier molecular flexibility index (Phi) is 7.13. The predicted octanol–water partition coefficient (Wildman–Crippen LogP) is 6.58. The van der Waals surface area contributed by atoms with Gasteiger partial charge in [0.1, 0.15) is 11.5 Å². The third-order valence-electron chi connectivity index (χ3n) is 6.56. The number of ether oxygens (including phenoxy) is 2. The highest BCUT2D eigenvalue weighted by molar-refractivity contribution is 5.98. The second-order valence-electron chi connectivity index (χ2n) is 8.83. The molecule has 5 nitrogen and oxygen atoms in total. The molecule has 1 heterocycles. The van der Waals surface area contributed by atoms with Crippen LogP contribution in [0.2, 0.25) is 0 Å². The van der Waals surface area contributed by atoms with Crippen LogP contribution in [-0.4, -0.2) is 19.0 Å². The Morgan fingerprint density at radius 3 is 2.19 bits per heavy atom. The number of hydrogen-bond donors (Lipinski definition) is 0. The maximum Gasteiger partial charge on any atom is 0.336 e. The Balaban J connectivity index is 1.52. The molecule has 1 aliphatic rings. The van der Waals surface area contributed by atoms with Gasteiger partial charge >= 0.3 is 5.97 Å². The predicted molar refractivity (Wildman–Crippen MR) is 145 cm³/mol. The van der Waals surface area contributed by atoms with E-state index in [4.69, 9.17) is 9.47 Å². The van der Waals surface area contributed by atoms with Gasteiger partial charge in [0.25, 0.3) is 0 Å². The van der Waals surface area contributed by atoms with Gasteiger partial charge in [-0.15, -0.1) is 0 Å². The number of hydrogen-bond acceptors (Lipinski definition) is 4. The fourth-order valence-corrected chi connectivity index (χ4v) is 4.83. The molecule has 0 bridgehead atoms. The molecule has 0 N–H and O–H groups in total. The topological polar surface area (TPSA) is 55.8 Å². The molecule has 0 saturated carbocycles. The molecule has 0 radical (unpaired) electrons. The number of benzene rings is 4. The van der Waals surface area contributed by atoms with Crippen molar-refractivity contribution in [2.45, 2.75) is 18.4 Å². The van der Waals surface area contributed by atoms with E-state index in [1.54, 1.807) is 19.3 Å². The fourth-order valence-electron chi connectivity index (χ4n) is 4.83. The number of rotatable bonds is 7. The van der Waals surface area contributed by atoms with Gasteiger partial charge in [-0.25, -0.2) is 4.79 Å². The summed E-state index contributed by atoms with van der Waals surface area (Å²) in [5.74, 6) is 0.563. The van der Waals surface area contributed by atoms with Gasteiger partial charge in [-0.3, -0.25) is 4.79 Å². The third-order valence-corrected chi connectivity index (χ3v) is 6.56. The van der Waals surface area contributed by atoms with Crippen LogP contribution in [0.1, 0.15) is 35.1 Å². The maximum atomic E-state index is 13.5. The van der Waals surface area contributed by atoms with Crippen molar-refractivity contribution in [2.75, 3.05) is 12.0 Å². The van der Waals surface area contributed by atoms with Crippen LogP contribution in [0.15, 0.2) is 115 Å². The Bertz CT molecular complexity index is 1400. The molecule has 184 valence electrons. The molecule has 5 rings (SSSR count). The second kappa shape index (κ2) is 11.0. The van der Waals surface area contributed by atoms with Crippen molar-refractivity contribution < 1.29 is 19.1 Å². The van der Waals surface area contributed by atoms with Gasteiger partial charge in [-0.2, -0.15) is 0 Å². The monoisotopic (exact) mass is 489 g/mol. The summed E-state index contributed by atoms with van der Waals surface area (Å²) in [5.41, 5.74) is 3.50. The van der Waals surface area contributed by atoms with Gasteiger partial charge < -0.3 is 14.4 Å². The average Bonchev–Trinajstić information content (AvgIpc) is 3.30. The number of methoxy groups -OCH3 is 1. The van der Waals surface area contributed by atoms with E-state index in [0.717, 1.165) is 22.4 Å². The minimum atomic E-state index is -0.479. The molecule has 1 unspecified atom stereocenters. The van der Waals surface area contributed by atoms with E-state index in [-0.39, 0.29) is 17.9 Å². The van der Waals surface area contributed by atoms with Gasteiger partial charge in [0.15, 0.2) is 0 Å². The van der Waals surface area contributed by atoms with Crippen molar-refractivity contribution in [1.82, 2.24) is 0 Å². The number of anilines is 1. The molecule has 1 fully saturated rings. The van der Waals surface area contributed by atoms with E-state index in [9.17, 15) is 9.59 Å². The summed E-state index contributed by atoms with van der Waals surface area (Å²) in [6.45, 7) is 0. The summed E-state index contributed by atoms with van der Waals surface area (Å²) in [7, 11) is 1.61. The number of carbonyl (C=O) groups excluding carboxylic acids is 2. The van der Waals surface area contributed by atoms with Crippen molar-refractivity contribution in [2.24, 2.45) is 0 Å². The van der Waals surface area contributed by atoms with Gasteiger partial charge in [-0.05, 0) is 47.5 Å². The summed E-state index contributed by atoms with van der Waals surface area (Å²) < 4.78 is 11.1. The SMILES string of the molecule is COc1ccc(N2C(=O)C[C@H](c3ccccc3)C2c2ccccc2OC(=O)/C=C/c2ccccc2)cc1. The number of amides is 1. The van der Waals surface area contributed by atoms with Gasteiger partial charge in [0, 0.05) is 29.7 Å². The highest BCUT2D eigenvalue weighted by Gasteiger charge is 2.43. The van der Waals surface area contributed by atoms with Gasteiger partial charge in [-0.1, -0.05) is 78.9 Å². The Hall–Kier alpha value is -4.64. The van der Waals surface area contributed by atoms with E-state index in [0.29, 0.717) is 17.9 Å². The van der Waals surface area contributed by atoms with Crippen molar-refractivity contribution in [3.63, 3.8) is 0 Å². The van der Waals surface area contributed by atoms with Crippen LogP contribution in [0.3, 0.4) is 0 Å². The number of carbonyl (C=O) groups is 2. The molecule has 0 spiro atoms. The van der Waals surface area contributed by atoms with E-state index in [1.165, 1.54) is 6.08 Å². The summed E-state index contributed by atoms with van der Waals surface area (Å²) >= 11 is 0. The lowest BCUT2D eigenvalue weighted by atomic mass is 9.87. The van der Waals surface area contributed by atoms with Crippen LogP contribution in [-0.2, 0) is 9.59 Å². The Labute approximate surface area is 216 Å². The molecule has 37 heavy (non-hydrogen) atoms. The van der Waals surface area contributed by atoms with Crippen molar-refractivity contribution in [3.8, 4) is 11.5 Å². The largest absolute Gasteiger partial charge is 0.497 e. The summed E-state index contributed by atoms with van der Waals surface area (Å²) in [6, 6.07) is 34.1. The average molecular weight is 490 g/mol. The van der Waals surface area contributed by atoms with Crippen LogP contribution in [0, 0.1) is 0 Å². The minimum Gasteiger partial charge on any atom is -0.497 e. The van der Waals surface area contributed by atoms with E-state index < -0.39 is 5.97 Å². The lowest BCUT2D eigenvalue weighted by Gasteiger charge is -2.30. The van der Waals surface area contributed by atoms with Crippen LogP contribution in [0.25, 0.3) is 6.08 Å². The van der Waals surface area contributed by atoms with Gasteiger partial charge in [0.2, 0.25) is 5.91 Å². The van der Waals surface area contributed by atoms with Crippen molar-refractivity contribution in [1.29, 1.82) is 0 Å². The smallest absolute Gasteiger partial charge is 0.336 e. The molecule has 0 aliphatic carbocycles. The third kappa shape index (κ3) is 5.31. The first-order valence-corrected chi connectivity index (χ1v) is 12.2. The highest BCUT2D eigenvalue weighted by atomic mass is 16.5. The molecule has 2 atom stereocenters. The maximum absolute atomic E-state index is 13.5. The lowest BCUT2D eigenvalue weighted by molar-refractivity contribution is -0.129. The first-order chi connectivity index (χ1) is 18.1. The summed E-state index contributed by atoms with van der Waals surface area (Å²) in [4.78, 5) is 28.1. The van der Waals surface area contributed by atoms with E-state index in [1.807, 2.05) is 108 Å². The first kappa shape index (κ1) is 24.1. The molecule has 5 heteroatoms. The molecule has 0 aromatic heterocycles. The minimum absolute atomic E-state index is 0.00845. The van der Waals surface area contributed by atoms with Crippen LogP contribution >= 0.6 is 0 Å². The summed E-state index contributed by atoms with van der Waals surface area (Å²) in [6.07, 6.45) is 3.49. The zero-order valence-corrected chi connectivity index (χ0v) is 20.5. The molecular formula is C32H27NO4. The normalized spacial score (nSPS) is 17.2. The zero-order chi connectivity index (χ0) is 25.6.